The lowest BCUT2D eigenvalue weighted by molar-refractivity contribution is -0.144. The molecule has 0 aromatic carbocycles. The Balaban J connectivity index is 3.19. The van der Waals surface area contributed by atoms with Crippen LogP contribution in [0.15, 0.2) is 23.1 Å². The maximum absolute atomic E-state index is 11.6. The van der Waals surface area contributed by atoms with E-state index in [1.807, 2.05) is 0 Å². The first-order valence-corrected chi connectivity index (χ1v) is 4.66. The summed E-state index contributed by atoms with van der Waals surface area (Å²) in [5, 5.41) is 0. The normalized spacial score (nSPS) is 12.1. The van der Waals surface area contributed by atoms with Crippen LogP contribution in [0, 0.1) is 0 Å². The number of methoxy groups -OCH3 is 1. The summed E-state index contributed by atoms with van der Waals surface area (Å²) < 4.78 is 5.91. The average Bonchev–Trinajstić information content (AvgIpc) is 2.24. The quantitative estimate of drug-likeness (QED) is 0.739. The lowest BCUT2D eigenvalue weighted by Crippen LogP contribution is -2.31. The van der Waals surface area contributed by atoms with Crippen LogP contribution in [-0.2, 0) is 9.53 Å². The maximum atomic E-state index is 11.6. The molecule has 1 aromatic rings. The van der Waals surface area contributed by atoms with Gasteiger partial charge >= 0.3 is 5.97 Å². The van der Waals surface area contributed by atoms with Crippen molar-refractivity contribution >= 4 is 11.7 Å². The summed E-state index contributed by atoms with van der Waals surface area (Å²) in [5.41, 5.74) is 5.23. The van der Waals surface area contributed by atoms with Crippen molar-refractivity contribution in [2.45, 2.75) is 19.4 Å². The number of aromatic nitrogens is 1. The van der Waals surface area contributed by atoms with E-state index < -0.39 is 12.0 Å². The van der Waals surface area contributed by atoms with Gasteiger partial charge in [-0.15, -0.1) is 0 Å². The van der Waals surface area contributed by atoms with E-state index in [4.69, 9.17) is 5.73 Å². The van der Waals surface area contributed by atoms with E-state index in [-0.39, 0.29) is 11.2 Å². The minimum Gasteiger partial charge on any atom is -0.467 e. The number of hydrogen-bond acceptors (Lipinski definition) is 4. The molecular weight excluding hydrogens is 196 g/mol. The van der Waals surface area contributed by atoms with Crippen LogP contribution in [0.1, 0.15) is 19.4 Å². The Morgan fingerprint density at radius 2 is 2.33 bits per heavy atom. The largest absolute Gasteiger partial charge is 0.467 e. The smallest absolute Gasteiger partial charge is 0.328 e. The number of carbonyl (C=O) groups excluding carboxylic acids is 1. The Labute approximate surface area is 87.5 Å². The lowest BCUT2D eigenvalue weighted by atomic mass is 10.2. The molecule has 0 bridgehead atoms. The first kappa shape index (κ1) is 11.3. The Morgan fingerprint density at radius 3 is 2.87 bits per heavy atom. The maximum Gasteiger partial charge on any atom is 0.328 e. The van der Waals surface area contributed by atoms with Crippen LogP contribution < -0.4 is 11.3 Å². The van der Waals surface area contributed by atoms with E-state index in [2.05, 4.69) is 4.74 Å². The molecule has 0 fully saturated rings. The number of esters is 1. The van der Waals surface area contributed by atoms with Gasteiger partial charge < -0.3 is 10.5 Å². The zero-order valence-electron chi connectivity index (χ0n) is 8.77. The van der Waals surface area contributed by atoms with Gasteiger partial charge in [0.1, 0.15) is 6.04 Å². The number of nitrogens with two attached hydrogens (primary N) is 1. The molecule has 0 aliphatic carbocycles. The van der Waals surface area contributed by atoms with Crippen molar-refractivity contribution in [3.63, 3.8) is 0 Å². The Bertz CT molecular complexity index is 411. The molecule has 5 heteroatoms. The second-order valence-corrected chi connectivity index (χ2v) is 3.12. The predicted molar refractivity (Wildman–Crippen MR) is 56.5 cm³/mol. The van der Waals surface area contributed by atoms with E-state index >= 15 is 0 Å². The molecule has 0 spiro atoms. The molecule has 0 aliphatic rings. The highest BCUT2D eigenvalue weighted by Crippen LogP contribution is 2.10. The Hall–Kier alpha value is -1.78. The molecular formula is C10H14N2O3. The number of nitrogen functional groups attached to an aromatic ring is 1. The summed E-state index contributed by atoms with van der Waals surface area (Å²) in [5.74, 6) is -0.440. The van der Waals surface area contributed by atoms with Crippen LogP contribution in [0.2, 0.25) is 0 Å². The summed E-state index contributed by atoms with van der Waals surface area (Å²) in [6.07, 6.45) is 2.01. The molecule has 1 unspecified atom stereocenters. The molecule has 1 aromatic heterocycles. The number of hydrogen-bond donors (Lipinski definition) is 1. The number of rotatable bonds is 3. The summed E-state index contributed by atoms with van der Waals surface area (Å²) in [6.45, 7) is 1.80. The van der Waals surface area contributed by atoms with Gasteiger partial charge in [0.25, 0.3) is 5.56 Å². The van der Waals surface area contributed by atoms with E-state index in [9.17, 15) is 9.59 Å². The fourth-order valence-corrected chi connectivity index (χ4v) is 1.39. The Kier molecular flexibility index (Phi) is 3.49. The molecule has 82 valence electrons. The summed E-state index contributed by atoms with van der Waals surface area (Å²) in [6, 6.07) is 2.52. The average molecular weight is 210 g/mol. The molecule has 0 amide bonds. The minimum atomic E-state index is -0.606. The second-order valence-electron chi connectivity index (χ2n) is 3.12. The van der Waals surface area contributed by atoms with Gasteiger partial charge in [0, 0.05) is 6.20 Å². The first-order chi connectivity index (χ1) is 7.11. The zero-order valence-corrected chi connectivity index (χ0v) is 8.77. The van der Waals surface area contributed by atoms with Gasteiger partial charge in [-0.2, -0.15) is 0 Å². The van der Waals surface area contributed by atoms with Gasteiger partial charge in [-0.1, -0.05) is 6.92 Å². The van der Waals surface area contributed by atoms with Crippen molar-refractivity contribution in [3.05, 3.63) is 28.7 Å². The van der Waals surface area contributed by atoms with Crippen molar-refractivity contribution in [1.29, 1.82) is 0 Å². The number of anilines is 1. The summed E-state index contributed by atoms with van der Waals surface area (Å²) in [7, 11) is 1.29. The van der Waals surface area contributed by atoms with Gasteiger partial charge in [-0.3, -0.25) is 9.36 Å². The van der Waals surface area contributed by atoms with Gasteiger partial charge in [0.15, 0.2) is 0 Å². The summed E-state index contributed by atoms with van der Waals surface area (Å²) in [4.78, 5) is 23.0. The van der Waals surface area contributed by atoms with E-state index in [0.29, 0.717) is 6.42 Å². The molecule has 2 N–H and O–H groups in total. The van der Waals surface area contributed by atoms with Gasteiger partial charge in [0.2, 0.25) is 0 Å². The van der Waals surface area contributed by atoms with Crippen LogP contribution in [0.3, 0.4) is 0 Å². The predicted octanol–water partition coefficient (Wildman–Crippen LogP) is 0.555. The first-order valence-electron chi connectivity index (χ1n) is 4.66. The van der Waals surface area contributed by atoms with Crippen LogP contribution in [0.5, 0.6) is 0 Å². The third-order valence-corrected chi connectivity index (χ3v) is 2.20. The highest BCUT2D eigenvalue weighted by molar-refractivity contribution is 5.74. The molecule has 1 rings (SSSR count). The third-order valence-electron chi connectivity index (χ3n) is 2.20. The molecule has 0 saturated heterocycles. The van der Waals surface area contributed by atoms with E-state index in [1.54, 1.807) is 13.0 Å². The molecule has 5 nitrogen and oxygen atoms in total. The zero-order chi connectivity index (χ0) is 11.4. The number of ether oxygens (including phenoxy) is 1. The molecule has 0 saturated carbocycles. The molecule has 0 aliphatic heterocycles. The monoisotopic (exact) mass is 210 g/mol. The van der Waals surface area contributed by atoms with Crippen LogP contribution in [0.25, 0.3) is 0 Å². The minimum absolute atomic E-state index is 0.125. The topological polar surface area (TPSA) is 74.3 Å². The van der Waals surface area contributed by atoms with Gasteiger partial charge in [0.05, 0.1) is 12.8 Å². The molecule has 1 heterocycles. The van der Waals surface area contributed by atoms with Crippen molar-refractivity contribution in [1.82, 2.24) is 4.57 Å². The summed E-state index contributed by atoms with van der Waals surface area (Å²) >= 11 is 0. The SMILES string of the molecule is CCC(C(=O)OC)n1cccc(N)c1=O. The lowest BCUT2D eigenvalue weighted by Gasteiger charge is -2.15. The molecule has 0 radical (unpaired) electrons. The highest BCUT2D eigenvalue weighted by Gasteiger charge is 2.20. The van der Waals surface area contributed by atoms with Crippen LogP contribution >= 0.6 is 0 Å². The highest BCUT2D eigenvalue weighted by atomic mass is 16.5. The fourth-order valence-electron chi connectivity index (χ4n) is 1.39. The van der Waals surface area contributed by atoms with Crippen molar-refractivity contribution in [2.75, 3.05) is 12.8 Å². The molecule has 1 atom stereocenters. The third kappa shape index (κ3) is 2.18. The van der Waals surface area contributed by atoms with Crippen molar-refractivity contribution in [2.24, 2.45) is 0 Å². The Morgan fingerprint density at radius 1 is 1.67 bits per heavy atom. The van der Waals surface area contributed by atoms with Gasteiger partial charge in [-0.25, -0.2) is 4.79 Å². The van der Waals surface area contributed by atoms with E-state index in [1.165, 1.54) is 23.9 Å². The standard InChI is InChI=1S/C10H14N2O3/c1-3-8(10(14)15-2)12-6-4-5-7(11)9(12)13/h4-6,8H,3,11H2,1-2H3. The van der Waals surface area contributed by atoms with Crippen LogP contribution in [-0.4, -0.2) is 17.6 Å². The van der Waals surface area contributed by atoms with Gasteiger partial charge in [-0.05, 0) is 18.6 Å². The number of carbonyl (C=O) groups is 1. The van der Waals surface area contributed by atoms with Crippen molar-refractivity contribution in [3.8, 4) is 0 Å². The second kappa shape index (κ2) is 4.63. The van der Waals surface area contributed by atoms with E-state index in [0.717, 1.165) is 0 Å². The van der Waals surface area contributed by atoms with Crippen molar-refractivity contribution < 1.29 is 9.53 Å². The van der Waals surface area contributed by atoms with Crippen LogP contribution in [0.4, 0.5) is 5.69 Å². The number of nitrogens with zero attached hydrogens (tertiary/aromatic N) is 1. The number of pyridine rings is 1. The fraction of sp³-hybridized carbons (Fsp3) is 0.400. The molecule has 15 heavy (non-hydrogen) atoms.